The molecule has 0 bridgehead atoms. The first-order valence-corrected chi connectivity index (χ1v) is 7.99. The molecular formula is C6H12Br2ClO4P. The molecule has 0 saturated heterocycles. The van der Waals surface area contributed by atoms with E-state index in [1.54, 1.807) is 0 Å². The van der Waals surface area contributed by atoms with E-state index in [0.717, 1.165) is 0 Å². The summed E-state index contributed by atoms with van der Waals surface area (Å²) in [6.45, 7) is 0. The maximum Gasteiger partial charge on any atom is 0.469 e. The minimum absolute atomic E-state index is 0.113. The minimum Gasteiger partial charge on any atom is -0.303 e. The van der Waals surface area contributed by atoms with Crippen LogP contribution in [0.2, 0.25) is 0 Å². The van der Waals surface area contributed by atoms with Gasteiger partial charge in [0.2, 0.25) is 0 Å². The summed E-state index contributed by atoms with van der Waals surface area (Å²) in [6, 6.07) is 0. The second-order valence-corrected chi connectivity index (χ2v) is 6.20. The maximum atomic E-state index is 10.6. The molecule has 0 aromatic carbocycles. The topological polar surface area (TPSA) is 66.8 Å². The van der Waals surface area contributed by atoms with Crippen LogP contribution in [0.15, 0.2) is 0 Å². The van der Waals surface area contributed by atoms with Gasteiger partial charge in [0.15, 0.2) is 0 Å². The Kier molecular flexibility index (Phi) is 8.34. The van der Waals surface area contributed by atoms with Crippen molar-refractivity contribution < 1.29 is 18.9 Å². The highest BCUT2D eigenvalue weighted by Crippen LogP contribution is 2.39. The van der Waals surface area contributed by atoms with Crippen LogP contribution < -0.4 is 0 Å². The Bertz CT molecular complexity index is 200. The largest absolute Gasteiger partial charge is 0.469 e. The molecule has 0 rings (SSSR count). The number of alkyl halides is 3. The molecule has 4 nitrogen and oxygen atoms in total. The van der Waals surface area contributed by atoms with Gasteiger partial charge in [0, 0.05) is 16.0 Å². The molecule has 14 heavy (non-hydrogen) atoms. The fourth-order valence-electron chi connectivity index (χ4n) is 0.878. The van der Waals surface area contributed by atoms with E-state index in [9.17, 15) is 4.57 Å². The van der Waals surface area contributed by atoms with Crippen molar-refractivity contribution in [2.45, 2.75) is 23.8 Å². The van der Waals surface area contributed by atoms with Crippen molar-refractivity contribution in [3.05, 3.63) is 0 Å². The second-order valence-electron chi connectivity index (χ2n) is 2.68. The monoisotopic (exact) mass is 372 g/mol. The summed E-state index contributed by atoms with van der Waals surface area (Å²) in [7, 11) is -4.41. The standard InChI is InChI=1S/C6H12Br2ClO4P/c7-4-5(8)3-6(1-2-9)13-14(10,11)12/h5-6H,1-4H2,(H2,10,11,12). The van der Waals surface area contributed by atoms with E-state index in [4.69, 9.17) is 21.4 Å². The van der Waals surface area contributed by atoms with Crippen LogP contribution in [-0.4, -0.2) is 31.9 Å². The van der Waals surface area contributed by atoms with E-state index in [1.807, 2.05) is 0 Å². The van der Waals surface area contributed by atoms with Crippen LogP contribution in [0.4, 0.5) is 0 Å². The van der Waals surface area contributed by atoms with Crippen molar-refractivity contribution in [3.63, 3.8) is 0 Å². The summed E-state index contributed by atoms with van der Waals surface area (Å²) < 4.78 is 15.2. The summed E-state index contributed by atoms with van der Waals surface area (Å²) in [6.07, 6.45) is 0.403. The van der Waals surface area contributed by atoms with Gasteiger partial charge in [0.1, 0.15) is 0 Å². The molecule has 0 fully saturated rings. The van der Waals surface area contributed by atoms with Gasteiger partial charge in [-0.25, -0.2) is 4.57 Å². The van der Waals surface area contributed by atoms with Crippen molar-refractivity contribution >= 4 is 51.3 Å². The normalized spacial score (nSPS) is 16.6. The fraction of sp³-hybridized carbons (Fsp3) is 1.00. The van der Waals surface area contributed by atoms with E-state index < -0.39 is 13.9 Å². The SMILES string of the molecule is O=P(O)(O)OC(CCCl)CC(Br)CBr. The molecule has 0 aliphatic rings. The zero-order valence-corrected chi connectivity index (χ0v) is 12.1. The van der Waals surface area contributed by atoms with Crippen LogP contribution in [0.1, 0.15) is 12.8 Å². The van der Waals surface area contributed by atoms with E-state index in [0.29, 0.717) is 24.1 Å². The average molecular weight is 374 g/mol. The summed E-state index contributed by atoms with van der Waals surface area (Å²) >= 11 is 12.1. The Labute approximate surface area is 105 Å². The molecular weight excluding hydrogens is 362 g/mol. The first-order chi connectivity index (χ1) is 6.39. The molecule has 0 heterocycles. The molecule has 0 radical (unpaired) electrons. The van der Waals surface area contributed by atoms with Crippen molar-refractivity contribution in [1.29, 1.82) is 0 Å². The Hall–Kier alpha value is 1.36. The molecule has 2 N–H and O–H groups in total. The van der Waals surface area contributed by atoms with Gasteiger partial charge in [-0.1, -0.05) is 31.9 Å². The fourth-order valence-corrected chi connectivity index (χ4v) is 2.38. The van der Waals surface area contributed by atoms with E-state index >= 15 is 0 Å². The lowest BCUT2D eigenvalue weighted by Gasteiger charge is -2.18. The Morgan fingerprint density at radius 1 is 1.50 bits per heavy atom. The molecule has 2 unspecified atom stereocenters. The van der Waals surface area contributed by atoms with E-state index in [-0.39, 0.29) is 4.83 Å². The summed E-state index contributed by atoms with van der Waals surface area (Å²) in [5.74, 6) is 0.312. The average Bonchev–Trinajstić information content (AvgIpc) is 2.01. The third-order valence-corrected chi connectivity index (χ3v) is 4.54. The molecule has 0 aromatic heterocycles. The van der Waals surface area contributed by atoms with Crippen molar-refractivity contribution in [3.8, 4) is 0 Å². The Morgan fingerprint density at radius 2 is 2.07 bits per heavy atom. The first kappa shape index (κ1) is 15.4. The predicted octanol–water partition coefficient (Wildman–Crippen LogP) is 2.64. The highest BCUT2D eigenvalue weighted by molar-refractivity contribution is 9.12. The van der Waals surface area contributed by atoms with Crippen LogP contribution in [0.5, 0.6) is 0 Å². The Balaban J connectivity index is 4.08. The number of phosphoric ester groups is 1. The lowest BCUT2D eigenvalue weighted by atomic mass is 10.2. The van der Waals surface area contributed by atoms with Gasteiger partial charge >= 0.3 is 7.82 Å². The second kappa shape index (κ2) is 7.60. The molecule has 0 amide bonds. The first-order valence-electron chi connectivity index (χ1n) is 3.89. The van der Waals surface area contributed by atoms with Gasteiger partial charge in [0.25, 0.3) is 0 Å². The third kappa shape index (κ3) is 8.65. The van der Waals surface area contributed by atoms with Gasteiger partial charge in [-0.15, -0.1) is 11.6 Å². The van der Waals surface area contributed by atoms with Gasteiger partial charge in [0.05, 0.1) is 6.10 Å². The number of rotatable bonds is 7. The molecule has 0 saturated carbocycles. The summed E-state index contributed by atoms with van der Waals surface area (Å²) in [5, 5.41) is 0.691. The van der Waals surface area contributed by atoms with Crippen LogP contribution in [0, 0.1) is 0 Å². The number of phosphoric acid groups is 1. The summed E-state index contributed by atoms with van der Waals surface area (Å²) in [4.78, 5) is 17.4. The van der Waals surface area contributed by atoms with Crippen molar-refractivity contribution in [1.82, 2.24) is 0 Å². The van der Waals surface area contributed by atoms with Crippen molar-refractivity contribution in [2.75, 3.05) is 11.2 Å². The van der Waals surface area contributed by atoms with Crippen LogP contribution in [0.3, 0.4) is 0 Å². The van der Waals surface area contributed by atoms with E-state index in [2.05, 4.69) is 36.4 Å². The van der Waals surface area contributed by atoms with Gasteiger partial charge < -0.3 is 9.79 Å². The van der Waals surface area contributed by atoms with Crippen molar-refractivity contribution in [2.24, 2.45) is 0 Å². The minimum atomic E-state index is -4.41. The Morgan fingerprint density at radius 3 is 2.43 bits per heavy atom. The maximum absolute atomic E-state index is 10.6. The zero-order chi connectivity index (χ0) is 11.2. The number of hydrogen-bond donors (Lipinski definition) is 2. The smallest absolute Gasteiger partial charge is 0.303 e. The van der Waals surface area contributed by atoms with Gasteiger partial charge in [-0.05, 0) is 12.8 Å². The van der Waals surface area contributed by atoms with Gasteiger partial charge in [-0.3, -0.25) is 4.52 Å². The number of halogens is 3. The predicted molar refractivity (Wildman–Crippen MR) is 63.4 cm³/mol. The summed E-state index contributed by atoms with van der Waals surface area (Å²) in [5.41, 5.74) is 0. The molecule has 0 aromatic rings. The van der Waals surface area contributed by atoms with Gasteiger partial charge in [-0.2, -0.15) is 0 Å². The van der Waals surface area contributed by atoms with Crippen LogP contribution in [-0.2, 0) is 9.09 Å². The molecule has 86 valence electrons. The molecule has 0 aliphatic heterocycles. The highest BCUT2D eigenvalue weighted by Gasteiger charge is 2.23. The van der Waals surface area contributed by atoms with E-state index in [1.165, 1.54) is 0 Å². The molecule has 8 heteroatoms. The lowest BCUT2D eigenvalue weighted by Crippen LogP contribution is -2.18. The zero-order valence-electron chi connectivity index (χ0n) is 7.28. The molecule has 0 spiro atoms. The molecule has 0 aliphatic carbocycles. The lowest BCUT2D eigenvalue weighted by molar-refractivity contribution is 0.125. The number of hydrogen-bond acceptors (Lipinski definition) is 2. The highest BCUT2D eigenvalue weighted by atomic mass is 79.9. The molecule has 2 atom stereocenters. The third-order valence-electron chi connectivity index (χ3n) is 1.40. The van der Waals surface area contributed by atoms with Crippen LogP contribution in [0.25, 0.3) is 0 Å². The quantitative estimate of drug-likeness (QED) is 0.531. The van der Waals surface area contributed by atoms with Crippen LogP contribution >= 0.6 is 51.3 Å².